The van der Waals surface area contributed by atoms with Crippen molar-refractivity contribution in [2.45, 2.75) is 58.0 Å². The van der Waals surface area contributed by atoms with Crippen LogP contribution in [0.5, 0.6) is 5.75 Å². The molecule has 1 aliphatic rings. The fraction of sp³-hybridized carbons (Fsp3) is 0.708. The van der Waals surface area contributed by atoms with Crippen molar-refractivity contribution in [2.75, 3.05) is 39.8 Å². The molecule has 0 radical (unpaired) electrons. The van der Waals surface area contributed by atoms with E-state index in [-0.39, 0.29) is 12.4 Å². The zero-order chi connectivity index (χ0) is 23.6. The lowest BCUT2D eigenvalue weighted by Crippen LogP contribution is -2.32. The van der Waals surface area contributed by atoms with Gasteiger partial charge >= 0.3 is 12.3 Å². The third-order valence-electron chi connectivity index (χ3n) is 6.49. The lowest BCUT2D eigenvalue weighted by molar-refractivity contribution is -0.137. The molecule has 1 aliphatic carbocycles. The first kappa shape index (κ1) is 26.5. The maximum atomic E-state index is 12.6. The van der Waals surface area contributed by atoms with Gasteiger partial charge in [-0.25, -0.2) is 4.79 Å². The maximum absolute atomic E-state index is 12.6. The standard InChI is InChI=1S/C24H37F3N2O3/c1-3-29(17-18-30)15-4-5-19-6-8-20(9-7-19)14-16-28(2)23(31)32-22-12-10-21(11-13-22)24(25,26)27/h10-13,19-20,30H,3-9,14-18H2,1-2H3. The van der Waals surface area contributed by atoms with Crippen molar-refractivity contribution in [3.8, 4) is 5.75 Å². The summed E-state index contributed by atoms with van der Waals surface area (Å²) in [7, 11) is 1.66. The van der Waals surface area contributed by atoms with Gasteiger partial charge in [0.25, 0.3) is 0 Å². The predicted molar refractivity (Wildman–Crippen MR) is 119 cm³/mol. The molecule has 32 heavy (non-hydrogen) atoms. The van der Waals surface area contributed by atoms with Crippen molar-refractivity contribution in [3.63, 3.8) is 0 Å². The van der Waals surface area contributed by atoms with Crippen LogP contribution in [-0.2, 0) is 6.18 Å². The highest BCUT2D eigenvalue weighted by Gasteiger charge is 2.30. The van der Waals surface area contributed by atoms with E-state index in [4.69, 9.17) is 9.84 Å². The van der Waals surface area contributed by atoms with Crippen LogP contribution in [-0.4, -0.2) is 60.8 Å². The lowest BCUT2D eigenvalue weighted by atomic mass is 9.78. The molecule has 0 atom stereocenters. The number of benzene rings is 1. The van der Waals surface area contributed by atoms with Gasteiger partial charge in [0.2, 0.25) is 0 Å². The van der Waals surface area contributed by atoms with E-state index in [9.17, 15) is 18.0 Å². The van der Waals surface area contributed by atoms with Crippen LogP contribution in [0.4, 0.5) is 18.0 Å². The molecule has 1 N–H and O–H groups in total. The highest BCUT2D eigenvalue weighted by atomic mass is 19.4. The van der Waals surface area contributed by atoms with Gasteiger partial charge in [-0.1, -0.05) is 32.6 Å². The van der Waals surface area contributed by atoms with E-state index in [2.05, 4.69) is 11.8 Å². The Balaban J connectivity index is 1.64. The van der Waals surface area contributed by atoms with Gasteiger partial charge in [-0.2, -0.15) is 13.2 Å². The van der Waals surface area contributed by atoms with Crippen molar-refractivity contribution in [3.05, 3.63) is 29.8 Å². The molecule has 1 amide bonds. The number of amides is 1. The van der Waals surface area contributed by atoms with E-state index in [0.29, 0.717) is 12.5 Å². The van der Waals surface area contributed by atoms with Gasteiger partial charge in [-0.05, 0) is 68.5 Å². The van der Waals surface area contributed by atoms with Crippen molar-refractivity contribution in [1.82, 2.24) is 9.80 Å². The van der Waals surface area contributed by atoms with E-state index in [1.165, 1.54) is 55.6 Å². The number of alkyl halides is 3. The second kappa shape index (κ2) is 13.0. The largest absolute Gasteiger partial charge is 0.416 e. The summed E-state index contributed by atoms with van der Waals surface area (Å²) in [6.45, 7) is 5.67. The number of hydrogen-bond donors (Lipinski definition) is 1. The highest BCUT2D eigenvalue weighted by Crippen LogP contribution is 2.33. The van der Waals surface area contributed by atoms with E-state index in [1.807, 2.05) is 0 Å². The molecule has 182 valence electrons. The first-order chi connectivity index (χ1) is 15.2. The monoisotopic (exact) mass is 458 g/mol. The summed E-state index contributed by atoms with van der Waals surface area (Å²) in [6.07, 6.45) is 3.12. The molecule has 0 unspecified atom stereocenters. The molecule has 0 bridgehead atoms. The van der Waals surface area contributed by atoms with E-state index in [0.717, 1.165) is 44.1 Å². The average Bonchev–Trinajstić information content (AvgIpc) is 2.77. The maximum Gasteiger partial charge on any atom is 0.416 e. The van der Waals surface area contributed by atoms with Gasteiger partial charge < -0.3 is 19.6 Å². The summed E-state index contributed by atoms with van der Waals surface area (Å²) < 4.78 is 43.1. The molecular weight excluding hydrogens is 421 g/mol. The van der Waals surface area contributed by atoms with Crippen LogP contribution in [0.25, 0.3) is 0 Å². The summed E-state index contributed by atoms with van der Waals surface area (Å²) in [5.74, 6) is 1.46. The number of rotatable bonds is 11. The highest BCUT2D eigenvalue weighted by molar-refractivity contribution is 5.70. The molecule has 2 rings (SSSR count). The third kappa shape index (κ3) is 8.98. The number of hydrogen-bond acceptors (Lipinski definition) is 4. The zero-order valence-electron chi connectivity index (χ0n) is 19.2. The SMILES string of the molecule is CCN(CCO)CCCC1CCC(CCN(C)C(=O)Oc2ccc(C(F)(F)F)cc2)CC1. The van der Waals surface area contributed by atoms with Crippen LogP contribution in [0.3, 0.4) is 0 Å². The van der Waals surface area contributed by atoms with Crippen molar-refractivity contribution >= 4 is 6.09 Å². The predicted octanol–water partition coefficient (Wildman–Crippen LogP) is 5.43. The Morgan fingerprint density at radius 3 is 2.16 bits per heavy atom. The number of halogens is 3. The number of ether oxygens (including phenoxy) is 1. The number of carbonyl (C=O) groups excluding carboxylic acids is 1. The number of aliphatic hydroxyl groups excluding tert-OH is 1. The summed E-state index contributed by atoms with van der Waals surface area (Å²) in [5, 5.41) is 9.07. The Morgan fingerprint density at radius 1 is 1.03 bits per heavy atom. The van der Waals surface area contributed by atoms with Crippen LogP contribution in [0, 0.1) is 11.8 Å². The number of aliphatic hydroxyl groups is 1. The first-order valence-corrected chi connectivity index (χ1v) is 11.7. The van der Waals surface area contributed by atoms with Crippen molar-refractivity contribution in [1.29, 1.82) is 0 Å². The van der Waals surface area contributed by atoms with Crippen LogP contribution >= 0.6 is 0 Å². The Morgan fingerprint density at radius 2 is 1.62 bits per heavy atom. The Bertz CT molecular complexity index is 674. The second-order valence-corrected chi connectivity index (χ2v) is 8.79. The van der Waals surface area contributed by atoms with Gasteiger partial charge in [0.15, 0.2) is 0 Å². The topological polar surface area (TPSA) is 53.0 Å². The Labute approximate surface area is 189 Å². The van der Waals surface area contributed by atoms with E-state index < -0.39 is 17.8 Å². The van der Waals surface area contributed by atoms with Gasteiger partial charge in [0, 0.05) is 20.1 Å². The van der Waals surface area contributed by atoms with E-state index in [1.54, 1.807) is 7.05 Å². The molecule has 0 saturated heterocycles. The molecule has 0 aromatic heterocycles. The summed E-state index contributed by atoms with van der Waals surface area (Å²) >= 11 is 0. The zero-order valence-corrected chi connectivity index (χ0v) is 19.2. The van der Waals surface area contributed by atoms with Gasteiger partial charge in [0.05, 0.1) is 12.2 Å². The van der Waals surface area contributed by atoms with Crippen LogP contribution in [0.15, 0.2) is 24.3 Å². The Kier molecular flexibility index (Phi) is 10.8. The minimum Gasteiger partial charge on any atom is -0.410 e. The summed E-state index contributed by atoms with van der Waals surface area (Å²) in [4.78, 5) is 16.0. The van der Waals surface area contributed by atoms with E-state index >= 15 is 0 Å². The lowest BCUT2D eigenvalue weighted by Gasteiger charge is -2.30. The number of likely N-dealkylation sites (N-methyl/N-ethyl adjacent to an activating group) is 1. The van der Waals surface area contributed by atoms with Crippen LogP contribution in [0.1, 0.15) is 57.4 Å². The molecule has 0 aliphatic heterocycles. The molecule has 0 spiro atoms. The minimum atomic E-state index is -4.41. The van der Waals surface area contributed by atoms with Gasteiger partial charge in [0.1, 0.15) is 5.75 Å². The molecule has 1 fully saturated rings. The second-order valence-electron chi connectivity index (χ2n) is 8.79. The summed E-state index contributed by atoms with van der Waals surface area (Å²) in [5.41, 5.74) is -0.769. The molecule has 1 aromatic carbocycles. The van der Waals surface area contributed by atoms with Gasteiger partial charge in [-0.15, -0.1) is 0 Å². The van der Waals surface area contributed by atoms with Crippen LogP contribution < -0.4 is 4.74 Å². The first-order valence-electron chi connectivity index (χ1n) is 11.7. The third-order valence-corrected chi connectivity index (χ3v) is 6.49. The van der Waals surface area contributed by atoms with Crippen LogP contribution in [0.2, 0.25) is 0 Å². The van der Waals surface area contributed by atoms with Gasteiger partial charge in [-0.3, -0.25) is 0 Å². The van der Waals surface area contributed by atoms with Crippen molar-refractivity contribution in [2.24, 2.45) is 11.8 Å². The normalized spacial score (nSPS) is 19.2. The fourth-order valence-electron chi connectivity index (χ4n) is 4.34. The molecule has 0 heterocycles. The number of carbonyl (C=O) groups is 1. The molecule has 5 nitrogen and oxygen atoms in total. The minimum absolute atomic E-state index is 0.107. The summed E-state index contributed by atoms with van der Waals surface area (Å²) in [6, 6.07) is 4.15. The number of nitrogens with zero attached hydrogens (tertiary/aromatic N) is 2. The Hall–Kier alpha value is -1.80. The molecule has 1 saturated carbocycles. The smallest absolute Gasteiger partial charge is 0.410 e. The average molecular weight is 459 g/mol. The molecular formula is C24H37F3N2O3. The quantitative estimate of drug-likeness (QED) is 0.481. The fourth-order valence-corrected chi connectivity index (χ4v) is 4.34. The molecule has 1 aromatic rings. The van der Waals surface area contributed by atoms with Crippen molar-refractivity contribution < 1.29 is 27.8 Å². The molecule has 8 heteroatoms.